The maximum atomic E-state index is 11.1. The number of ketones is 1. The summed E-state index contributed by atoms with van der Waals surface area (Å²) in [6.07, 6.45) is 6.12. The van der Waals surface area contributed by atoms with Crippen LogP contribution in [0.5, 0.6) is 0 Å². The lowest BCUT2D eigenvalue weighted by atomic mass is 9.81. The number of Topliss-reactive ketones (excluding diaryl/α,β-unsaturated/α-hetero) is 1. The molecular formula is C12H19NO. The minimum Gasteiger partial charge on any atom is -0.300 e. The zero-order valence-electron chi connectivity index (χ0n) is 9.34. The fourth-order valence-electron chi connectivity index (χ4n) is 2.18. The summed E-state index contributed by atoms with van der Waals surface area (Å²) in [5, 5.41) is 0. The first-order valence-corrected chi connectivity index (χ1v) is 5.26. The van der Waals surface area contributed by atoms with Gasteiger partial charge >= 0.3 is 0 Å². The van der Waals surface area contributed by atoms with Gasteiger partial charge in [0.1, 0.15) is 5.78 Å². The molecule has 0 N–H and O–H groups in total. The number of rotatable bonds is 3. The first-order chi connectivity index (χ1) is 6.65. The molecule has 0 saturated heterocycles. The average molecular weight is 193 g/mol. The lowest BCUT2D eigenvalue weighted by Gasteiger charge is -2.24. The van der Waals surface area contributed by atoms with Gasteiger partial charge in [-0.3, -0.25) is 4.99 Å². The van der Waals surface area contributed by atoms with Gasteiger partial charge in [0.05, 0.1) is 0 Å². The number of nitrogens with zero attached hydrogens (tertiary/aromatic N) is 1. The quantitative estimate of drug-likeness (QED) is 0.634. The summed E-state index contributed by atoms with van der Waals surface area (Å²) in [6, 6.07) is 0. The van der Waals surface area contributed by atoms with E-state index in [-0.39, 0.29) is 5.78 Å². The predicted octanol–water partition coefficient (Wildman–Crippen LogP) is 2.78. The molecule has 0 spiro atoms. The van der Waals surface area contributed by atoms with Crippen molar-refractivity contribution in [1.82, 2.24) is 0 Å². The zero-order chi connectivity index (χ0) is 10.6. The Bertz CT molecular complexity index is 276. The Labute approximate surface area is 86.1 Å². The molecular weight excluding hydrogens is 174 g/mol. The number of aliphatic imine (C=N–C) groups is 1. The van der Waals surface area contributed by atoms with Crippen LogP contribution in [-0.2, 0) is 4.79 Å². The highest BCUT2D eigenvalue weighted by molar-refractivity contribution is 5.83. The average Bonchev–Trinajstić information content (AvgIpc) is 2.10. The van der Waals surface area contributed by atoms with Crippen LogP contribution in [-0.4, -0.2) is 19.0 Å². The van der Waals surface area contributed by atoms with Crippen molar-refractivity contribution in [3.05, 3.63) is 11.1 Å². The van der Waals surface area contributed by atoms with Crippen molar-refractivity contribution in [2.45, 2.75) is 39.5 Å². The van der Waals surface area contributed by atoms with Crippen LogP contribution in [0.3, 0.4) is 0 Å². The Morgan fingerprint density at radius 3 is 2.93 bits per heavy atom. The van der Waals surface area contributed by atoms with Gasteiger partial charge in [0, 0.05) is 19.7 Å². The molecule has 0 fully saturated rings. The minimum absolute atomic E-state index is 0.284. The summed E-state index contributed by atoms with van der Waals surface area (Å²) in [6.45, 7) is 3.83. The highest BCUT2D eigenvalue weighted by Gasteiger charge is 2.20. The second-order valence-electron chi connectivity index (χ2n) is 4.12. The van der Waals surface area contributed by atoms with Crippen molar-refractivity contribution in [3.8, 4) is 0 Å². The van der Waals surface area contributed by atoms with Gasteiger partial charge in [-0.25, -0.2) is 0 Å². The molecule has 0 aromatic rings. The molecule has 2 heteroatoms. The second kappa shape index (κ2) is 5.08. The molecule has 14 heavy (non-hydrogen) atoms. The summed E-state index contributed by atoms with van der Waals surface area (Å²) in [7, 11) is 1.79. The molecule has 0 saturated carbocycles. The third kappa shape index (κ3) is 2.79. The van der Waals surface area contributed by atoms with Crippen LogP contribution in [0, 0.1) is 5.92 Å². The monoisotopic (exact) mass is 193 g/mol. The maximum Gasteiger partial charge on any atom is 0.130 e. The fraction of sp³-hybridized carbons (Fsp3) is 0.667. The van der Waals surface area contributed by atoms with Gasteiger partial charge in [-0.05, 0) is 44.6 Å². The van der Waals surface area contributed by atoms with E-state index in [1.165, 1.54) is 17.6 Å². The van der Waals surface area contributed by atoms with Crippen LogP contribution in [0.2, 0.25) is 0 Å². The van der Waals surface area contributed by atoms with Crippen molar-refractivity contribution in [2.24, 2.45) is 10.9 Å². The normalized spacial score (nSPS) is 23.2. The topological polar surface area (TPSA) is 29.4 Å². The molecule has 1 atom stereocenters. The van der Waals surface area contributed by atoms with E-state index >= 15 is 0 Å². The third-order valence-corrected chi connectivity index (χ3v) is 2.84. The van der Waals surface area contributed by atoms with E-state index in [1.807, 2.05) is 6.21 Å². The van der Waals surface area contributed by atoms with E-state index in [9.17, 15) is 4.79 Å². The molecule has 1 rings (SSSR count). The van der Waals surface area contributed by atoms with Crippen LogP contribution >= 0.6 is 0 Å². The van der Waals surface area contributed by atoms with Crippen LogP contribution in [0.15, 0.2) is 16.1 Å². The molecule has 0 amide bonds. The lowest BCUT2D eigenvalue weighted by molar-refractivity contribution is -0.117. The van der Waals surface area contributed by atoms with E-state index in [1.54, 1.807) is 14.0 Å². The number of hydrogen-bond acceptors (Lipinski definition) is 2. The minimum atomic E-state index is 0.284. The molecule has 1 aliphatic rings. The largest absolute Gasteiger partial charge is 0.300 e. The number of allylic oxidation sites excluding steroid dienone is 2. The smallest absolute Gasteiger partial charge is 0.130 e. The summed E-state index contributed by atoms with van der Waals surface area (Å²) in [4.78, 5) is 15.2. The van der Waals surface area contributed by atoms with E-state index in [2.05, 4.69) is 11.9 Å². The van der Waals surface area contributed by atoms with Crippen molar-refractivity contribution in [1.29, 1.82) is 0 Å². The van der Waals surface area contributed by atoms with E-state index in [0.717, 1.165) is 12.8 Å². The van der Waals surface area contributed by atoms with Crippen LogP contribution in [0.1, 0.15) is 39.5 Å². The molecule has 0 aliphatic heterocycles. The summed E-state index contributed by atoms with van der Waals surface area (Å²) in [5.41, 5.74) is 2.71. The van der Waals surface area contributed by atoms with Crippen molar-refractivity contribution in [2.75, 3.05) is 7.05 Å². The fourth-order valence-corrected chi connectivity index (χ4v) is 2.18. The Hall–Kier alpha value is -0.920. The predicted molar refractivity (Wildman–Crippen MR) is 59.8 cm³/mol. The van der Waals surface area contributed by atoms with Gasteiger partial charge in [-0.15, -0.1) is 0 Å². The first-order valence-electron chi connectivity index (χ1n) is 5.26. The standard InChI is InChI=1S/C12H19NO/c1-9-5-4-6-11(7-10(2)14)12(9)8-13-3/h8,11H,4-7H2,1-3H3/t11-/m1/s1. The summed E-state index contributed by atoms with van der Waals surface area (Å²) < 4.78 is 0. The molecule has 78 valence electrons. The molecule has 0 radical (unpaired) electrons. The van der Waals surface area contributed by atoms with Crippen LogP contribution in [0.25, 0.3) is 0 Å². The number of carbonyl (C=O) groups excluding carboxylic acids is 1. The van der Waals surface area contributed by atoms with Gasteiger partial charge in [-0.2, -0.15) is 0 Å². The van der Waals surface area contributed by atoms with E-state index in [0.29, 0.717) is 12.3 Å². The molecule has 2 nitrogen and oxygen atoms in total. The second-order valence-corrected chi connectivity index (χ2v) is 4.12. The van der Waals surface area contributed by atoms with Crippen molar-refractivity contribution in [3.63, 3.8) is 0 Å². The Morgan fingerprint density at radius 1 is 1.64 bits per heavy atom. The van der Waals surface area contributed by atoms with Gasteiger partial charge in [0.2, 0.25) is 0 Å². The summed E-state index contributed by atoms with van der Waals surface area (Å²) >= 11 is 0. The van der Waals surface area contributed by atoms with Gasteiger partial charge < -0.3 is 4.79 Å². The van der Waals surface area contributed by atoms with Crippen molar-refractivity contribution < 1.29 is 4.79 Å². The van der Waals surface area contributed by atoms with Crippen LogP contribution in [0.4, 0.5) is 0 Å². The van der Waals surface area contributed by atoms with E-state index < -0.39 is 0 Å². The maximum absolute atomic E-state index is 11.1. The van der Waals surface area contributed by atoms with Gasteiger partial charge in [0.25, 0.3) is 0 Å². The van der Waals surface area contributed by atoms with E-state index in [4.69, 9.17) is 0 Å². The van der Waals surface area contributed by atoms with Crippen molar-refractivity contribution >= 4 is 12.0 Å². The SMILES string of the molecule is CN=CC1=C(C)CCC[C@@H]1CC(C)=O. The Kier molecular flexibility index (Phi) is 4.05. The molecule has 0 aromatic heterocycles. The highest BCUT2D eigenvalue weighted by Crippen LogP contribution is 2.31. The number of hydrogen-bond donors (Lipinski definition) is 0. The highest BCUT2D eigenvalue weighted by atomic mass is 16.1. The molecule has 0 heterocycles. The molecule has 0 aromatic carbocycles. The van der Waals surface area contributed by atoms with Crippen LogP contribution < -0.4 is 0 Å². The number of carbonyl (C=O) groups is 1. The lowest BCUT2D eigenvalue weighted by Crippen LogP contribution is -2.15. The zero-order valence-corrected chi connectivity index (χ0v) is 9.34. The molecule has 0 unspecified atom stereocenters. The summed E-state index contributed by atoms with van der Waals surface area (Å²) in [5.74, 6) is 0.705. The third-order valence-electron chi connectivity index (χ3n) is 2.84. The molecule has 1 aliphatic carbocycles. The first kappa shape index (κ1) is 11.2. The molecule has 0 bridgehead atoms. The van der Waals surface area contributed by atoms with Gasteiger partial charge in [-0.1, -0.05) is 5.57 Å². The Balaban J connectivity index is 2.82. The Morgan fingerprint density at radius 2 is 2.36 bits per heavy atom. The van der Waals surface area contributed by atoms with Gasteiger partial charge in [0.15, 0.2) is 0 Å².